The molecule has 0 aliphatic rings. The van der Waals surface area contributed by atoms with Crippen molar-refractivity contribution in [2.24, 2.45) is 0 Å². The van der Waals surface area contributed by atoms with Crippen LogP contribution in [0.15, 0.2) is 12.1 Å². The molecule has 1 heterocycles. The van der Waals surface area contributed by atoms with E-state index < -0.39 is 17.5 Å². The molecule has 2 aromatic rings. The molecule has 0 amide bonds. The topological polar surface area (TPSA) is 37.8 Å². The molecule has 0 radical (unpaired) electrons. The summed E-state index contributed by atoms with van der Waals surface area (Å²) in [6, 6.07) is 1.32. The van der Waals surface area contributed by atoms with E-state index in [1.165, 1.54) is 0 Å². The van der Waals surface area contributed by atoms with Gasteiger partial charge in [-0.3, -0.25) is 0 Å². The van der Waals surface area contributed by atoms with Gasteiger partial charge in [0.1, 0.15) is 22.6 Å². The summed E-state index contributed by atoms with van der Waals surface area (Å²) in [7, 11) is 0. The zero-order chi connectivity index (χ0) is 15.7. The standard InChI is InChI=1S/C14H13ClF3N3/c1-6(2)13-20-12(15)7(3)14(21-13)19-10-5-8(16)4-9(17)11(10)18/h4-6H,1-3H3,(H,19,20,21). The van der Waals surface area contributed by atoms with Crippen LogP contribution in [0.2, 0.25) is 5.15 Å². The summed E-state index contributed by atoms with van der Waals surface area (Å²) in [5.41, 5.74) is 0.116. The molecule has 0 saturated heterocycles. The van der Waals surface area contributed by atoms with Crippen molar-refractivity contribution in [1.29, 1.82) is 0 Å². The highest BCUT2D eigenvalue weighted by molar-refractivity contribution is 6.30. The third-order valence-electron chi connectivity index (χ3n) is 2.87. The van der Waals surface area contributed by atoms with Crippen molar-refractivity contribution in [3.8, 4) is 0 Å². The summed E-state index contributed by atoms with van der Waals surface area (Å²) in [6.45, 7) is 5.36. The fraction of sp³-hybridized carbons (Fsp3) is 0.286. The Bertz CT molecular complexity index is 690. The van der Waals surface area contributed by atoms with Crippen LogP contribution in [0.3, 0.4) is 0 Å². The molecule has 2 rings (SSSR count). The van der Waals surface area contributed by atoms with Gasteiger partial charge in [-0.15, -0.1) is 0 Å². The Balaban J connectivity index is 2.49. The predicted molar refractivity (Wildman–Crippen MR) is 75.5 cm³/mol. The zero-order valence-corrected chi connectivity index (χ0v) is 12.4. The van der Waals surface area contributed by atoms with E-state index in [-0.39, 0.29) is 22.6 Å². The van der Waals surface area contributed by atoms with E-state index in [1.807, 2.05) is 13.8 Å². The van der Waals surface area contributed by atoms with E-state index in [0.717, 1.165) is 6.07 Å². The summed E-state index contributed by atoms with van der Waals surface area (Å²) >= 11 is 6.00. The summed E-state index contributed by atoms with van der Waals surface area (Å²) in [5.74, 6) is -2.69. The number of hydrogen-bond donors (Lipinski definition) is 1. The average Bonchev–Trinajstić information content (AvgIpc) is 2.40. The summed E-state index contributed by atoms with van der Waals surface area (Å²) in [6.07, 6.45) is 0. The number of hydrogen-bond acceptors (Lipinski definition) is 3. The van der Waals surface area contributed by atoms with Gasteiger partial charge in [-0.25, -0.2) is 23.1 Å². The van der Waals surface area contributed by atoms with E-state index >= 15 is 0 Å². The first-order chi connectivity index (χ1) is 9.79. The van der Waals surface area contributed by atoms with Crippen LogP contribution < -0.4 is 5.32 Å². The first kappa shape index (κ1) is 15.6. The minimum absolute atomic E-state index is 0.00209. The minimum atomic E-state index is -1.28. The van der Waals surface area contributed by atoms with Crippen molar-refractivity contribution in [3.63, 3.8) is 0 Å². The molecule has 0 saturated carbocycles. The second-order valence-corrected chi connectivity index (χ2v) is 5.23. The maximum Gasteiger partial charge on any atom is 0.182 e. The Hall–Kier alpha value is -1.82. The molecule has 0 aliphatic carbocycles. The molecule has 112 valence electrons. The smallest absolute Gasteiger partial charge is 0.182 e. The van der Waals surface area contributed by atoms with E-state index in [2.05, 4.69) is 15.3 Å². The van der Waals surface area contributed by atoms with E-state index in [9.17, 15) is 13.2 Å². The predicted octanol–water partition coefficient (Wildman–Crippen LogP) is 4.72. The molecule has 21 heavy (non-hydrogen) atoms. The van der Waals surface area contributed by atoms with Gasteiger partial charge in [-0.2, -0.15) is 0 Å². The van der Waals surface area contributed by atoms with Crippen LogP contribution >= 0.6 is 11.6 Å². The van der Waals surface area contributed by atoms with E-state index in [0.29, 0.717) is 17.5 Å². The molecule has 0 aliphatic heterocycles. The van der Waals surface area contributed by atoms with Gasteiger partial charge in [0.05, 0.1) is 5.69 Å². The highest BCUT2D eigenvalue weighted by Gasteiger charge is 2.16. The quantitative estimate of drug-likeness (QED) is 0.657. The number of rotatable bonds is 3. The number of halogens is 4. The fourth-order valence-corrected chi connectivity index (χ4v) is 1.84. The van der Waals surface area contributed by atoms with Gasteiger partial charge in [-0.1, -0.05) is 25.4 Å². The van der Waals surface area contributed by atoms with Gasteiger partial charge in [0.15, 0.2) is 11.6 Å². The molecular weight excluding hydrogens is 303 g/mol. The van der Waals surface area contributed by atoms with Crippen LogP contribution in [0.4, 0.5) is 24.7 Å². The van der Waals surface area contributed by atoms with Crippen LogP contribution in [0.25, 0.3) is 0 Å². The molecule has 0 fully saturated rings. The average molecular weight is 316 g/mol. The Morgan fingerprint density at radius 2 is 1.81 bits per heavy atom. The SMILES string of the molecule is Cc1c(Cl)nc(C(C)C)nc1Nc1cc(F)cc(F)c1F. The minimum Gasteiger partial charge on any atom is -0.337 e. The molecule has 1 aromatic heterocycles. The first-order valence-electron chi connectivity index (χ1n) is 6.25. The Kier molecular flexibility index (Phi) is 4.37. The summed E-state index contributed by atoms with van der Waals surface area (Å²) in [5, 5.41) is 2.77. The highest BCUT2D eigenvalue weighted by Crippen LogP contribution is 2.28. The molecule has 1 aromatic carbocycles. The Morgan fingerprint density at radius 1 is 1.14 bits per heavy atom. The summed E-state index contributed by atoms with van der Waals surface area (Å²) < 4.78 is 40.1. The molecule has 0 spiro atoms. The molecule has 1 N–H and O–H groups in total. The van der Waals surface area contributed by atoms with Gasteiger partial charge < -0.3 is 5.32 Å². The zero-order valence-electron chi connectivity index (χ0n) is 11.6. The van der Waals surface area contributed by atoms with Gasteiger partial charge in [-0.05, 0) is 6.92 Å². The van der Waals surface area contributed by atoms with Crippen molar-refractivity contribution in [2.45, 2.75) is 26.7 Å². The largest absolute Gasteiger partial charge is 0.337 e. The van der Waals surface area contributed by atoms with Crippen LogP contribution in [-0.4, -0.2) is 9.97 Å². The molecule has 3 nitrogen and oxygen atoms in total. The Morgan fingerprint density at radius 3 is 2.43 bits per heavy atom. The van der Waals surface area contributed by atoms with Crippen molar-refractivity contribution < 1.29 is 13.2 Å². The molecule has 0 bridgehead atoms. The fourth-order valence-electron chi connectivity index (χ4n) is 1.66. The van der Waals surface area contributed by atoms with Crippen molar-refractivity contribution >= 4 is 23.1 Å². The van der Waals surface area contributed by atoms with E-state index in [4.69, 9.17) is 11.6 Å². The normalized spacial score (nSPS) is 11.0. The second kappa shape index (κ2) is 5.89. The third-order valence-corrected chi connectivity index (χ3v) is 3.23. The molecular formula is C14H13ClF3N3. The van der Waals surface area contributed by atoms with Crippen molar-refractivity contribution in [1.82, 2.24) is 9.97 Å². The lowest BCUT2D eigenvalue weighted by atomic mass is 10.2. The van der Waals surface area contributed by atoms with Crippen LogP contribution in [0, 0.1) is 24.4 Å². The highest BCUT2D eigenvalue weighted by atomic mass is 35.5. The maximum absolute atomic E-state index is 13.7. The third kappa shape index (κ3) is 3.26. The van der Waals surface area contributed by atoms with Gasteiger partial charge >= 0.3 is 0 Å². The van der Waals surface area contributed by atoms with Crippen molar-refractivity contribution in [3.05, 3.63) is 46.1 Å². The van der Waals surface area contributed by atoms with Crippen molar-refractivity contribution in [2.75, 3.05) is 5.32 Å². The molecule has 7 heteroatoms. The van der Waals surface area contributed by atoms with Crippen LogP contribution in [-0.2, 0) is 0 Å². The number of anilines is 2. The first-order valence-corrected chi connectivity index (χ1v) is 6.63. The lowest BCUT2D eigenvalue weighted by Crippen LogP contribution is -2.06. The second-order valence-electron chi connectivity index (χ2n) is 4.88. The molecule has 0 unspecified atom stereocenters. The number of nitrogens with zero attached hydrogens (tertiary/aromatic N) is 2. The number of aromatic nitrogens is 2. The van der Waals surface area contributed by atoms with Gasteiger partial charge in [0.2, 0.25) is 0 Å². The number of nitrogens with one attached hydrogen (secondary N) is 1. The van der Waals surface area contributed by atoms with Gasteiger partial charge in [0, 0.05) is 23.6 Å². The monoisotopic (exact) mass is 315 g/mol. The van der Waals surface area contributed by atoms with Crippen LogP contribution in [0.5, 0.6) is 0 Å². The van der Waals surface area contributed by atoms with Crippen LogP contribution in [0.1, 0.15) is 31.2 Å². The van der Waals surface area contributed by atoms with Gasteiger partial charge in [0.25, 0.3) is 0 Å². The Labute approximate surface area is 125 Å². The lowest BCUT2D eigenvalue weighted by molar-refractivity contribution is 0.498. The summed E-state index contributed by atoms with van der Waals surface area (Å²) in [4.78, 5) is 8.31. The maximum atomic E-state index is 13.7. The molecule has 0 atom stereocenters. The van der Waals surface area contributed by atoms with E-state index in [1.54, 1.807) is 6.92 Å². The number of benzene rings is 1. The lowest BCUT2D eigenvalue weighted by Gasteiger charge is -2.13.